The first-order chi connectivity index (χ1) is 12.6. The maximum absolute atomic E-state index is 12.6. The van der Waals surface area contributed by atoms with E-state index in [0.717, 1.165) is 11.0 Å². The summed E-state index contributed by atoms with van der Waals surface area (Å²) < 4.78 is 10.4. The third kappa shape index (κ3) is 2.52. The lowest BCUT2D eigenvalue weighted by molar-refractivity contribution is -0.112. The lowest BCUT2D eigenvalue weighted by Gasteiger charge is -2.19. The fourth-order valence-electron chi connectivity index (χ4n) is 2.97. The number of aromatic nitrogens is 3. The summed E-state index contributed by atoms with van der Waals surface area (Å²) in [5.41, 5.74) is 8.96. The first-order valence-electron chi connectivity index (χ1n) is 7.96. The maximum atomic E-state index is 12.6. The number of hydrogen-bond acceptors (Lipinski definition) is 7. The van der Waals surface area contributed by atoms with Gasteiger partial charge in [-0.05, 0) is 12.1 Å². The molecule has 1 aliphatic rings. The molecule has 3 heterocycles. The number of hydrogen-bond donors (Lipinski definition) is 2. The number of nitrogens with two attached hydrogens (primary N) is 1. The smallest absolute Gasteiger partial charge is 0.218 e. The molecule has 2 aromatic heterocycles. The van der Waals surface area contributed by atoms with Crippen LogP contribution in [0.3, 0.4) is 0 Å². The summed E-state index contributed by atoms with van der Waals surface area (Å²) in [5.74, 6) is 1.42. The van der Waals surface area contributed by atoms with Gasteiger partial charge in [0.2, 0.25) is 11.8 Å². The molecule has 0 unspecified atom stereocenters. The average molecular weight is 351 g/mol. The Morgan fingerprint density at radius 1 is 1.12 bits per heavy atom. The Kier molecular flexibility index (Phi) is 3.72. The molecule has 0 aliphatic carbocycles. The highest BCUT2D eigenvalue weighted by Gasteiger charge is 2.32. The van der Waals surface area contributed by atoms with Crippen LogP contribution in [0.5, 0.6) is 11.8 Å². The number of methoxy groups -OCH3 is 2. The predicted octanol–water partition coefficient (Wildman–Crippen LogP) is 1.69. The van der Waals surface area contributed by atoms with Crippen LogP contribution in [0.1, 0.15) is 5.82 Å². The van der Waals surface area contributed by atoms with Gasteiger partial charge in [-0.25, -0.2) is 4.98 Å². The number of ketones is 1. The van der Waals surface area contributed by atoms with Crippen molar-refractivity contribution in [2.45, 2.75) is 0 Å². The number of Topliss-reactive ketones (excluding diaryl/α,β-unsaturated/α-hetero) is 1. The second kappa shape index (κ2) is 6.07. The molecule has 0 atom stereocenters. The van der Waals surface area contributed by atoms with Crippen LogP contribution in [0.15, 0.2) is 42.2 Å². The Balaban J connectivity index is 1.79. The number of nitrogens with one attached hydrogen (secondary N) is 1. The number of nitrogens with zero attached hydrogens (tertiary/aromatic N) is 3. The Labute approximate surface area is 149 Å². The average Bonchev–Trinajstić information content (AvgIpc) is 3.21. The zero-order valence-electron chi connectivity index (χ0n) is 14.3. The molecule has 4 rings (SSSR count). The van der Waals surface area contributed by atoms with Gasteiger partial charge in [0, 0.05) is 12.1 Å². The summed E-state index contributed by atoms with van der Waals surface area (Å²) in [6, 6.07) is 11.0. The summed E-state index contributed by atoms with van der Waals surface area (Å²) in [6.45, 7) is 0.106. The van der Waals surface area contributed by atoms with E-state index >= 15 is 0 Å². The van der Waals surface area contributed by atoms with E-state index in [1.807, 2.05) is 24.3 Å². The molecule has 8 heteroatoms. The largest absolute Gasteiger partial charge is 0.481 e. The van der Waals surface area contributed by atoms with Crippen LogP contribution in [-0.2, 0) is 4.79 Å². The van der Waals surface area contributed by atoms with Gasteiger partial charge in [0.05, 0.1) is 37.5 Å². The maximum Gasteiger partial charge on any atom is 0.218 e. The molecule has 3 N–H and O–H groups in total. The van der Waals surface area contributed by atoms with Crippen molar-refractivity contribution in [3.63, 3.8) is 0 Å². The number of carbonyl (C=O) groups is 1. The van der Waals surface area contributed by atoms with Gasteiger partial charge in [0.15, 0.2) is 5.78 Å². The summed E-state index contributed by atoms with van der Waals surface area (Å²) in [5, 5.41) is 0. The first-order valence-corrected chi connectivity index (χ1v) is 7.96. The van der Waals surface area contributed by atoms with Crippen molar-refractivity contribution in [1.82, 2.24) is 15.0 Å². The number of benzene rings is 1. The molecule has 0 radical (unpaired) electrons. The van der Waals surface area contributed by atoms with Gasteiger partial charge in [-0.3, -0.25) is 4.79 Å². The van der Waals surface area contributed by atoms with E-state index in [2.05, 4.69) is 15.0 Å². The van der Waals surface area contributed by atoms with E-state index in [-0.39, 0.29) is 12.3 Å². The van der Waals surface area contributed by atoms with Crippen LogP contribution in [0.25, 0.3) is 16.6 Å². The Hall–Kier alpha value is -3.55. The molecule has 8 nitrogen and oxygen atoms in total. The zero-order chi connectivity index (χ0) is 18.3. The number of para-hydroxylation sites is 2. The minimum atomic E-state index is -0.115. The van der Waals surface area contributed by atoms with Crippen molar-refractivity contribution in [2.24, 2.45) is 5.73 Å². The molecular formula is C18H17N5O3. The summed E-state index contributed by atoms with van der Waals surface area (Å²) in [4.78, 5) is 26.1. The number of anilines is 1. The fraction of sp³-hybridized carbons (Fsp3) is 0.167. The van der Waals surface area contributed by atoms with E-state index in [1.165, 1.54) is 14.2 Å². The third-order valence-electron chi connectivity index (χ3n) is 4.25. The lowest BCUT2D eigenvalue weighted by Crippen LogP contribution is -2.25. The number of H-pyrrole nitrogens is 1. The van der Waals surface area contributed by atoms with Crippen molar-refractivity contribution in [2.75, 3.05) is 25.7 Å². The van der Waals surface area contributed by atoms with Crippen LogP contribution < -0.4 is 20.1 Å². The van der Waals surface area contributed by atoms with Crippen LogP contribution >= 0.6 is 0 Å². The lowest BCUT2D eigenvalue weighted by atomic mass is 10.2. The molecular weight excluding hydrogens is 334 g/mol. The van der Waals surface area contributed by atoms with E-state index in [1.54, 1.807) is 17.0 Å². The SMILES string of the molecule is COc1cc(N2CC(=O)C(c3nc4ccccc4[nH]3)=C2N)cc(OC)n1. The van der Waals surface area contributed by atoms with Gasteiger partial charge in [-0.2, -0.15) is 4.98 Å². The van der Waals surface area contributed by atoms with Crippen LogP contribution in [-0.4, -0.2) is 41.5 Å². The number of fused-ring (bicyclic) bond motifs is 1. The number of imidazole rings is 1. The quantitative estimate of drug-likeness (QED) is 0.736. The monoisotopic (exact) mass is 351 g/mol. The van der Waals surface area contributed by atoms with Crippen molar-refractivity contribution >= 4 is 28.1 Å². The van der Waals surface area contributed by atoms with Gasteiger partial charge in [0.1, 0.15) is 17.2 Å². The van der Waals surface area contributed by atoms with Gasteiger partial charge >= 0.3 is 0 Å². The van der Waals surface area contributed by atoms with Gasteiger partial charge < -0.3 is 25.1 Å². The number of ether oxygens (including phenoxy) is 2. The van der Waals surface area contributed by atoms with E-state index in [9.17, 15) is 4.79 Å². The van der Waals surface area contributed by atoms with Gasteiger partial charge in [0.25, 0.3) is 0 Å². The van der Waals surface area contributed by atoms with Gasteiger partial charge in [-0.15, -0.1) is 0 Å². The molecule has 132 valence electrons. The highest BCUT2D eigenvalue weighted by atomic mass is 16.5. The third-order valence-corrected chi connectivity index (χ3v) is 4.25. The van der Waals surface area contributed by atoms with E-state index in [0.29, 0.717) is 34.7 Å². The molecule has 1 aliphatic heterocycles. The normalized spacial score (nSPS) is 14.4. The standard InChI is InChI=1S/C18H17N5O3/c1-25-14-7-10(8-15(22-14)26-2)23-9-13(24)16(17(23)19)18-20-11-5-3-4-6-12(11)21-18/h3-8H,9,19H2,1-2H3,(H,20,21). The summed E-state index contributed by atoms with van der Waals surface area (Å²) in [6.07, 6.45) is 0. The van der Waals surface area contributed by atoms with Gasteiger partial charge in [-0.1, -0.05) is 12.1 Å². The van der Waals surface area contributed by atoms with Crippen LogP contribution in [0.2, 0.25) is 0 Å². The second-order valence-electron chi connectivity index (χ2n) is 5.78. The summed E-state index contributed by atoms with van der Waals surface area (Å²) in [7, 11) is 3.03. The van der Waals surface area contributed by atoms with Crippen molar-refractivity contribution in [1.29, 1.82) is 0 Å². The zero-order valence-corrected chi connectivity index (χ0v) is 14.3. The van der Waals surface area contributed by atoms with Crippen molar-refractivity contribution in [3.8, 4) is 11.8 Å². The molecule has 0 spiro atoms. The van der Waals surface area contributed by atoms with Crippen LogP contribution in [0, 0.1) is 0 Å². The molecule has 26 heavy (non-hydrogen) atoms. The second-order valence-corrected chi connectivity index (χ2v) is 5.78. The number of aromatic amines is 1. The van der Waals surface area contributed by atoms with E-state index < -0.39 is 0 Å². The van der Waals surface area contributed by atoms with Crippen molar-refractivity contribution in [3.05, 3.63) is 48.0 Å². The van der Waals surface area contributed by atoms with Crippen LogP contribution in [0.4, 0.5) is 5.69 Å². The first kappa shape index (κ1) is 15.9. The van der Waals surface area contributed by atoms with Crippen molar-refractivity contribution < 1.29 is 14.3 Å². The Bertz CT molecular complexity index is 985. The molecule has 0 bridgehead atoms. The molecule has 0 saturated heterocycles. The Morgan fingerprint density at radius 3 is 2.46 bits per heavy atom. The molecule has 0 amide bonds. The topological polar surface area (TPSA) is 106 Å². The number of pyridine rings is 1. The number of carbonyl (C=O) groups excluding carboxylic acids is 1. The minimum absolute atomic E-state index is 0.106. The molecule has 3 aromatic rings. The predicted molar refractivity (Wildman–Crippen MR) is 96.9 cm³/mol. The molecule has 0 fully saturated rings. The highest BCUT2D eigenvalue weighted by Crippen LogP contribution is 2.33. The molecule has 0 saturated carbocycles. The number of rotatable bonds is 4. The minimum Gasteiger partial charge on any atom is -0.481 e. The summed E-state index contributed by atoms with van der Waals surface area (Å²) >= 11 is 0. The fourth-order valence-corrected chi connectivity index (χ4v) is 2.97. The Morgan fingerprint density at radius 2 is 1.81 bits per heavy atom. The molecule has 1 aromatic carbocycles. The highest BCUT2D eigenvalue weighted by molar-refractivity contribution is 6.26. The van der Waals surface area contributed by atoms with E-state index in [4.69, 9.17) is 15.2 Å².